The average molecular weight is 373 g/mol. The first-order valence-electron chi connectivity index (χ1n) is 7.90. The lowest BCUT2D eigenvalue weighted by Gasteiger charge is -2.24. The summed E-state index contributed by atoms with van der Waals surface area (Å²) >= 11 is -2.67. The lowest BCUT2D eigenvalue weighted by molar-refractivity contribution is 0.0509. The van der Waals surface area contributed by atoms with E-state index in [1.54, 1.807) is 31.7 Å². The van der Waals surface area contributed by atoms with E-state index in [0.717, 1.165) is 0 Å². The summed E-state index contributed by atoms with van der Waals surface area (Å²) in [6.45, 7) is 6.00. The second kappa shape index (κ2) is 8.11. The molecule has 0 bridgehead atoms. The van der Waals surface area contributed by atoms with Gasteiger partial charge >= 0.3 is 6.09 Å². The fraction of sp³-hybridized carbons (Fsp3) is 0.562. The first-order chi connectivity index (χ1) is 11.7. The zero-order valence-electron chi connectivity index (χ0n) is 14.4. The van der Waals surface area contributed by atoms with Crippen LogP contribution in [-0.2, 0) is 26.9 Å². The van der Waals surface area contributed by atoms with Crippen molar-refractivity contribution in [2.45, 2.75) is 45.4 Å². The molecule has 2 atom stereocenters. The molecule has 1 unspecified atom stereocenters. The number of carbonyl (C=O) groups excluding carboxylic acids is 1. The summed E-state index contributed by atoms with van der Waals surface area (Å²) in [5.41, 5.74) is 0.135. The second-order valence-electron chi connectivity index (χ2n) is 6.79. The largest absolute Gasteiger partial charge is 0.750 e. The Balaban J connectivity index is 2.04. The van der Waals surface area contributed by atoms with Gasteiger partial charge in [-0.15, -0.1) is 0 Å². The van der Waals surface area contributed by atoms with Crippen molar-refractivity contribution in [3.63, 3.8) is 0 Å². The lowest BCUT2D eigenvalue weighted by atomic mass is 10.1. The first kappa shape index (κ1) is 19.6. The van der Waals surface area contributed by atoms with E-state index in [-0.39, 0.29) is 12.6 Å². The molecule has 0 saturated carbocycles. The van der Waals surface area contributed by atoms with Crippen molar-refractivity contribution >= 4 is 23.1 Å². The van der Waals surface area contributed by atoms with E-state index in [1.165, 1.54) is 12.1 Å². The molecule has 0 radical (unpaired) electrons. The highest BCUT2D eigenvalue weighted by Crippen LogP contribution is 2.28. The minimum absolute atomic E-state index is 0.183. The van der Waals surface area contributed by atoms with Crippen LogP contribution in [-0.4, -0.2) is 39.6 Å². The van der Waals surface area contributed by atoms with Gasteiger partial charge in [0.1, 0.15) is 11.4 Å². The molecule has 1 amide bonds. The molecule has 1 aromatic rings. The predicted octanol–water partition coefficient (Wildman–Crippen LogP) is 2.24. The quantitative estimate of drug-likeness (QED) is 0.796. The number of benzene rings is 1. The van der Waals surface area contributed by atoms with Crippen molar-refractivity contribution in [3.05, 3.63) is 29.6 Å². The van der Waals surface area contributed by atoms with Crippen LogP contribution in [0.3, 0.4) is 0 Å². The maximum Gasteiger partial charge on any atom is 0.407 e. The summed E-state index contributed by atoms with van der Waals surface area (Å²) in [5.74, 6) is -0.462. The van der Waals surface area contributed by atoms with E-state index in [2.05, 4.69) is 9.50 Å². The fourth-order valence-corrected chi connectivity index (χ4v) is 2.92. The standard InChI is InChI=1S/C16H23FN2O5S/c1-16(2,3)24-15(20)18-12-7-8-19(9-12)14-11(10-23-25(21)22)5-4-6-13(14)17/h4-6,12H,7-10H2,1-3H3,(H,18,20)(H,21,22)/p-1/t12-/m1/s1. The number of halogens is 1. The van der Waals surface area contributed by atoms with E-state index < -0.39 is 28.9 Å². The summed E-state index contributed by atoms with van der Waals surface area (Å²) in [7, 11) is 0. The molecule has 1 saturated heterocycles. The smallest absolute Gasteiger partial charge is 0.407 e. The average Bonchev–Trinajstić information content (AvgIpc) is 2.90. The van der Waals surface area contributed by atoms with Gasteiger partial charge in [0, 0.05) is 18.7 Å². The fourth-order valence-electron chi connectivity index (χ4n) is 2.70. The number of alkyl carbamates (subject to hydrolysis) is 1. The van der Waals surface area contributed by atoms with Crippen LogP contribution in [0.4, 0.5) is 14.9 Å². The van der Waals surface area contributed by atoms with Crippen molar-refractivity contribution in [2.75, 3.05) is 18.0 Å². The van der Waals surface area contributed by atoms with Crippen molar-refractivity contribution in [1.29, 1.82) is 0 Å². The van der Waals surface area contributed by atoms with Crippen LogP contribution < -0.4 is 10.2 Å². The Labute approximate surface area is 149 Å². The molecule has 1 aliphatic heterocycles. The third kappa shape index (κ3) is 5.94. The molecule has 1 heterocycles. The minimum atomic E-state index is -2.67. The molecular formula is C16H22FN2O5S-. The van der Waals surface area contributed by atoms with E-state index in [9.17, 15) is 17.9 Å². The number of hydrogen-bond donors (Lipinski definition) is 1. The van der Waals surface area contributed by atoms with Crippen molar-refractivity contribution in [1.82, 2.24) is 5.32 Å². The van der Waals surface area contributed by atoms with Crippen molar-refractivity contribution < 1.29 is 26.9 Å². The van der Waals surface area contributed by atoms with E-state index in [1.807, 2.05) is 0 Å². The minimum Gasteiger partial charge on any atom is -0.750 e. The summed E-state index contributed by atoms with van der Waals surface area (Å²) in [5, 5.41) is 2.77. The summed E-state index contributed by atoms with van der Waals surface area (Å²) < 4.78 is 45.2. The summed E-state index contributed by atoms with van der Waals surface area (Å²) in [6.07, 6.45) is 0.111. The Morgan fingerprint density at radius 3 is 2.84 bits per heavy atom. The van der Waals surface area contributed by atoms with Crippen LogP contribution in [0.1, 0.15) is 32.8 Å². The maximum absolute atomic E-state index is 14.3. The number of nitrogens with one attached hydrogen (secondary N) is 1. The molecule has 1 N–H and O–H groups in total. The number of hydrogen-bond acceptors (Lipinski definition) is 6. The Hall–Kier alpha value is -1.71. The predicted molar refractivity (Wildman–Crippen MR) is 90.1 cm³/mol. The zero-order chi connectivity index (χ0) is 18.6. The van der Waals surface area contributed by atoms with Gasteiger partial charge in [-0.05, 0) is 33.3 Å². The van der Waals surface area contributed by atoms with Crippen LogP contribution >= 0.6 is 0 Å². The normalized spacial score (nSPS) is 18.9. The maximum atomic E-state index is 14.3. The van der Waals surface area contributed by atoms with Gasteiger partial charge < -0.3 is 19.5 Å². The third-order valence-electron chi connectivity index (χ3n) is 3.61. The van der Waals surface area contributed by atoms with E-state index in [0.29, 0.717) is 30.8 Å². The monoisotopic (exact) mass is 373 g/mol. The molecule has 140 valence electrons. The number of nitrogens with zero attached hydrogens (tertiary/aromatic N) is 1. The highest BCUT2D eigenvalue weighted by Gasteiger charge is 2.28. The van der Waals surface area contributed by atoms with Crippen LogP contribution in [0.25, 0.3) is 0 Å². The van der Waals surface area contributed by atoms with Crippen LogP contribution in [0.5, 0.6) is 0 Å². The molecule has 1 fully saturated rings. The molecular weight excluding hydrogens is 351 g/mol. The Kier molecular flexibility index (Phi) is 6.36. The first-order valence-corrected chi connectivity index (χ1v) is 8.90. The van der Waals surface area contributed by atoms with Crippen LogP contribution in [0, 0.1) is 5.82 Å². The molecule has 25 heavy (non-hydrogen) atoms. The lowest BCUT2D eigenvalue weighted by Crippen LogP contribution is -2.40. The van der Waals surface area contributed by atoms with Crippen molar-refractivity contribution in [2.24, 2.45) is 0 Å². The van der Waals surface area contributed by atoms with Gasteiger partial charge in [-0.25, -0.2) is 13.4 Å². The highest BCUT2D eigenvalue weighted by atomic mass is 32.2. The number of carbonyl (C=O) groups is 1. The van der Waals surface area contributed by atoms with Gasteiger partial charge in [-0.1, -0.05) is 12.1 Å². The third-order valence-corrected chi connectivity index (χ3v) is 3.92. The van der Waals surface area contributed by atoms with Gasteiger partial charge in [0.25, 0.3) is 0 Å². The molecule has 1 aliphatic rings. The van der Waals surface area contributed by atoms with Crippen molar-refractivity contribution in [3.8, 4) is 0 Å². The van der Waals surface area contributed by atoms with Gasteiger partial charge in [0.05, 0.1) is 29.7 Å². The summed E-state index contributed by atoms with van der Waals surface area (Å²) in [4.78, 5) is 13.6. The Morgan fingerprint density at radius 2 is 2.20 bits per heavy atom. The molecule has 0 spiro atoms. The van der Waals surface area contributed by atoms with Gasteiger partial charge in [-0.2, -0.15) is 0 Å². The number of ether oxygens (including phenoxy) is 1. The topological polar surface area (TPSA) is 90.9 Å². The zero-order valence-corrected chi connectivity index (χ0v) is 15.2. The van der Waals surface area contributed by atoms with Gasteiger partial charge in [-0.3, -0.25) is 4.18 Å². The SMILES string of the molecule is CC(C)(C)OC(=O)N[C@@H]1CCN(c2c(F)cccc2COS(=O)[O-])C1. The Morgan fingerprint density at radius 1 is 1.48 bits per heavy atom. The van der Waals surface area contributed by atoms with E-state index in [4.69, 9.17) is 4.74 Å². The van der Waals surface area contributed by atoms with Crippen LogP contribution in [0.15, 0.2) is 18.2 Å². The number of para-hydroxylation sites is 1. The second-order valence-corrected chi connectivity index (χ2v) is 7.44. The van der Waals surface area contributed by atoms with Gasteiger partial charge in [0.15, 0.2) is 0 Å². The van der Waals surface area contributed by atoms with E-state index >= 15 is 0 Å². The van der Waals surface area contributed by atoms with Gasteiger partial charge in [0.2, 0.25) is 0 Å². The molecule has 7 nitrogen and oxygen atoms in total. The number of anilines is 1. The molecule has 2 rings (SSSR count). The molecule has 9 heteroatoms. The number of amides is 1. The molecule has 0 aromatic heterocycles. The highest BCUT2D eigenvalue weighted by molar-refractivity contribution is 7.74. The number of rotatable bonds is 5. The molecule has 0 aliphatic carbocycles. The Bertz CT molecular complexity index is 650. The summed E-state index contributed by atoms with van der Waals surface area (Å²) in [6, 6.07) is 4.23. The van der Waals surface area contributed by atoms with Crippen LogP contribution in [0.2, 0.25) is 0 Å². The molecule has 1 aromatic carbocycles.